The fourth-order valence-electron chi connectivity index (χ4n) is 1.96. The van der Waals surface area contributed by atoms with Gasteiger partial charge in [0.05, 0.1) is 13.0 Å². The Labute approximate surface area is 82.6 Å². The van der Waals surface area contributed by atoms with E-state index in [1.54, 1.807) is 0 Å². The van der Waals surface area contributed by atoms with E-state index in [1.165, 1.54) is 7.11 Å². The van der Waals surface area contributed by atoms with Crippen molar-refractivity contribution in [3.8, 4) is 0 Å². The summed E-state index contributed by atoms with van der Waals surface area (Å²) >= 11 is 0. The molecule has 0 amide bonds. The molecule has 1 fully saturated rings. The highest BCUT2D eigenvalue weighted by Crippen LogP contribution is 2.29. The fraction of sp³-hybridized carbons (Fsp3) is 0.889. The van der Waals surface area contributed by atoms with Gasteiger partial charge in [-0.2, -0.15) is 0 Å². The number of esters is 1. The van der Waals surface area contributed by atoms with E-state index in [-0.39, 0.29) is 29.3 Å². The second-order valence-corrected chi connectivity index (χ2v) is 3.76. The van der Waals surface area contributed by atoms with Crippen LogP contribution in [0, 0.1) is 22.0 Å². The Morgan fingerprint density at radius 2 is 2.00 bits per heavy atom. The summed E-state index contributed by atoms with van der Waals surface area (Å²) in [5.74, 6) is -0.0709. The van der Waals surface area contributed by atoms with E-state index in [0.29, 0.717) is 0 Å². The smallest absolute Gasteiger partial charge is 0.308 e. The summed E-state index contributed by atoms with van der Waals surface area (Å²) in [6.45, 7) is 0.0356. The van der Waals surface area contributed by atoms with Crippen molar-refractivity contribution in [2.75, 3.05) is 13.7 Å². The molecule has 0 N–H and O–H groups in total. The van der Waals surface area contributed by atoms with E-state index >= 15 is 0 Å². The average Bonchev–Trinajstić information content (AvgIpc) is 2.17. The standard InChI is InChI=1S/C9H15NO4/c1-14-9(11)8-4-2-7(3-5-8)6-10(12)13/h7-8H,2-6H2,1H3/t7-,8-. The number of hydrogen-bond acceptors (Lipinski definition) is 4. The number of nitro groups is 1. The molecule has 1 aliphatic rings. The van der Waals surface area contributed by atoms with Gasteiger partial charge in [-0.05, 0) is 25.7 Å². The van der Waals surface area contributed by atoms with E-state index in [0.717, 1.165) is 25.7 Å². The van der Waals surface area contributed by atoms with Gasteiger partial charge in [0.2, 0.25) is 6.54 Å². The molecule has 0 atom stereocenters. The van der Waals surface area contributed by atoms with Crippen LogP contribution >= 0.6 is 0 Å². The number of ether oxygens (including phenoxy) is 1. The Morgan fingerprint density at radius 3 is 2.43 bits per heavy atom. The third-order valence-corrected chi connectivity index (χ3v) is 2.79. The van der Waals surface area contributed by atoms with Gasteiger partial charge < -0.3 is 4.74 Å². The molecule has 0 saturated heterocycles. The molecule has 0 aliphatic heterocycles. The predicted molar refractivity (Wildman–Crippen MR) is 49.3 cm³/mol. The second kappa shape index (κ2) is 4.93. The van der Waals surface area contributed by atoms with Crippen molar-refractivity contribution in [2.45, 2.75) is 25.7 Å². The van der Waals surface area contributed by atoms with Crippen molar-refractivity contribution in [3.63, 3.8) is 0 Å². The lowest BCUT2D eigenvalue weighted by Gasteiger charge is -2.24. The van der Waals surface area contributed by atoms with E-state index in [4.69, 9.17) is 0 Å². The summed E-state index contributed by atoms with van der Waals surface area (Å²) < 4.78 is 4.63. The summed E-state index contributed by atoms with van der Waals surface area (Å²) in [7, 11) is 1.38. The molecule has 14 heavy (non-hydrogen) atoms. The van der Waals surface area contributed by atoms with Gasteiger partial charge in [-0.15, -0.1) is 0 Å². The van der Waals surface area contributed by atoms with Crippen LogP contribution < -0.4 is 0 Å². The molecule has 5 nitrogen and oxygen atoms in total. The monoisotopic (exact) mass is 201 g/mol. The first-order valence-corrected chi connectivity index (χ1v) is 4.83. The molecule has 1 saturated carbocycles. The molecule has 0 unspecified atom stereocenters. The van der Waals surface area contributed by atoms with Crippen molar-refractivity contribution in [3.05, 3.63) is 10.1 Å². The number of nitrogens with zero attached hydrogens (tertiary/aromatic N) is 1. The van der Waals surface area contributed by atoms with Crippen LogP contribution in [0.1, 0.15) is 25.7 Å². The second-order valence-electron chi connectivity index (χ2n) is 3.76. The molecule has 0 spiro atoms. The van der Waals surface area contributed by atoms with Crippen LogP contribution in [0.2, 0.25) is 0 Å². The number of carbonyl (C=O) groups excluding carboxylic acids is 1. The number of hydrogen-bond donors (Lipinski definition) is 0. The maximum atomic E-state index is 11.1. The lowest BCUT2D eigenvalue weighted by Crippen LogP contribution is -2.26. The van der Waals surface area contributed by atoms with Crippen LogP contribution in [0.25, 0.3) is 0 Å². The van der Waals surface area contributed by atoms with Crippen LogP contribution in [0.4, 0.5) is 0 Å². The number of methoxy groups -OCH3 is 1. The van der Waals surface area contributed by atoms with Crippen LogP contribution in [0.3, 0.4) is 0 Å². The third-order valence-electron chi connectivity index (χ3n) is 2.79. The first kappa shape index (κ1) is 10.9. The summed E-state index contributed by atoms with van der Waals surface area (Å²) in [4.78, 5) is 21.1. The Bertz CT molecular complexity index is 221. The summed E-state index contributed by atoms with van der Waals surface area (Å²) in [6, 6.07) is 0. The first-order chi connectivity index (χ1) is 6.63. The zero-order chi connectivity index (χ0) is 10.6. The predicted octanol–water partition coefficient (Wildman–Crippen LogP) is 1.24. The minimum atomic E-state index is -0.275. The maximum Gasteiger partial charge on any atom is 0.308 e. The summed E-state index contributed by atoms with van der Waals surface area (Å²) in [5, 5.41) is 10.3. The van der Waals surface area contributed by atoms with Crippen LogP contribution in [0.5, 0.6) is 0 Å². The van der Waals surface area contributed by atoms with Gasteiger partial charge in [-0.3, -0.25) is 14.9 Å². The summed E-state index contributed by atoms with van der Waals surface area (Å²) in [5.41, 5.74) is 0. The van der Waals surface area contributed by atoms with Gasteiger partial charge in [0, 0.05) is 10.8 Å². The van der Waals surface area contributed by atoms with Gasteiger partial charge in [0.1, 0.15) is 0 Å². The van der Waals surface area contributed by atoms with Gasteiger partial charge in [0.25, 0.3) is 0 Å². The van der Waals surface area contributed by atoms with Crippen molar-refractivity contribution < 1.29 is 14.5 Å². The molecule has 0 aromatic rings. The molecule has 0 aromatic carbocycles. The Kier molecular flexibility index (Phi) is 3.85. The highest BCUT2D eigenvalue weighted by atomic mass is 16.6. The van der Waals surface area contributed by atoms with Crippen molar-refractivity contribution in [1.82, 2.24) is 0 Å². The molecular formula is C9H15NO4. The minimum Gasteiger partial charge on any atom is -0.469 e. The van der Waals surface area contributed by atoms with E-state index in [1.807, 2.05) is 0 Å². The molecule has 1 aliphatic carbocycles. The van der Waals surface area contributed by atoms with E-state index in [2.05, 4.69) is 4.74 Å². The summed E-state index contributed by atoms with van der Waals surface area (Å²) in [6.07, 6.45) is 2.98. The average molecular weight is 201 g/mol. The van der Waals surface area contributed by atoms with Crippen molar-refractivity contribution in [1.29, 1.82) is 0 Å². The van der Waals surface area contributed by atoms with Gasteiger partial charge in [-0.1, -0.05) is 0 Å². The highest BCUT2D eigenvalue weighted by Gasteiger charge is 2.28. The van der Waals surface area contributed by atoms with Crippen LogP contribution in [0.15, 0.2) is 0 Å². The molecule has 0 radical (unpaired) electrons. The molecule has 1 rings (SSSR count). The Morgan fingerprint density at radius 1 is 1.43 bits per heavy atom. The largest absolute Gasteiger partial charge is 0.469 e. The molecule has 5 heteroatoms. The molecular weight excluding hydrogens is 186 g/mol. The van der Waals surface area contributed by atoms with Gasteiger partial charge in [-0.25, -0.2) is 0 Å². The van der Waals surface area contributed by atoms with Crippen LogP contribution in [-0.4, -0.2) is 24.5 Å². The van der Waals surface area contributed by atoms with E-state index in [9.17, 15) is 14.9 Å². The normalized spacial score (nSPS) is 26.9. The molecule has 0 aromatic heterocycles. The zero-order valence-electron chi connectivity index (χ0n) is 8.27. The topological polar surface area (TPSA) is 69.4 Å². The van der Waals surface area contributed by atoms with Gasteiger partial charge in [0.15, 0.2) is 0 Å². The fourth-order valence-corrected chi connectivity index (χ4v) is 1.96. The Hall–Kier alpha value is -1.13. The quantitative estimate of drug-likeness (QED) is 0.391. The first-order valence-electron chi connectivity index (χ1n) is 4.83. The maximum absolute atomic E-state index is 11.1. The molecule has 80 valence electrons. The molecule has 0 heterocycles. The van der Waals surface area contributed by atoms with Crippen molar-refractivity contribution in [2.24, 2.45) is 11.8 Å². The third kappa shape index (κ3) is 2.97. The number of carbonyl (C=O) groups is 1. The number of rotatable bonds is 3. The lowest BCUT2D eigenvalue weighted by atomic mass is 9.82. The zero-order valence-corrected chi connectivity index (χ0v) is 8.27. The van der Waals surface area contributed by atoms with Crippen LogP contribution in [-0.2, 0) is 9.53 Å². The lowest BCUT2D eigenvalue weighted by molar-refractivity contribution is -0.489. The minimum absolute atomic E-state index is 0.0356. The van der Waals surface area contributed by atoms with Gasteiger partial charge >= 0.3 is 5.97 Å². The van der Waals surface area contributed by atoms with Crippen molar-refractivity contribution >= 4 is 5.97 Å². The highest BCUT2D eigenvalue weighted by molar-refractivity contribution is 5.72. The van der Waals surface area contributed by atoms with E-state index < -0.39 is 0 Å². The molecule has 0 bridgehead atoms. The SMILES string of the molecule is COC(=O)[C@H]1CC[C@H](C[N+](=O)[O-])CC1. The Balaban J connectivity index is 2.31.